The highest BCUT2D eigenvalue weighted by Gasteiger charge is 2.22. The van der Waals surface area contributed by atoms with Gasteiger partial charge in [-0.1, -0.05) is 6.07 Å². The third-order valence-electron chi connectivity index (χ3n) is 3.77. The molecular weight excluding hydrogens is 240 g/mol. The lowest BCUT2D eigenvalue weighted by Crippen LogP contribution is -2.47. The Morgan fingerprint density at radius 3 is 2.89 bits per heavy atom. The van der Waals surface area contributed by atoms with Crippen molar-refractivity contribution in [1.29, 1.82) is 0 Å². The molecule has 0 radical (unpaired) electrons. The molecule has 2 unspecified atom stereocenters. The molecule has 4 nitrogen and oxygen atoms in total. The van der Waals surface area contributed by atoms with Gasteiger partial charge < -0.3 is 15.4 Å². The molecule has 0 saturated heterocycles. The minimum Gasteiger partial charge on any atom is -0.497 e. The molecule has 0 spiro atoms. The van der Waals surface area contributed by atoms with E-state index in [1.54, 1.807) is 14.2 Å². The first-order valence-corrected chi connectivity index (χ1v) is 6.77. The summed E-state index contributed by atoms with van der Waals surface area (Å²) in [5.41, 5.74) is 2.72. The Balaban J connectivity index is 2.02. The molecule has 1 aromatic rings. The van der Waals surface area contributed by atoms with Gasteiger partial charge in [-0.2, -0.15) is 0 Å². The highest BCUT2D eigenvalue weighted by atomic mass is 16.5. The van der Waals surface area contributed by atoms with Crippen molar-refractivity contribution in [1.82, 2.24) is 10.6 Å². The third kappa shape index (κ3) is 3.26. The molecule has 0 saturated carbocycles. The molecule has 19 heavy (non-hydrogen) atoms. The van der Waals surface area contributed by atoms with Crippen molar-refractivity contribution in [2.24, 2.45) is 0 Å². The van der Waals surface area contributed by atoms with Crippen LogP contribution in [0.4, 0.5) is 0 Å². The van der Waals surface area contributed by atoms with Crippen molar-refractivity contribution < 1.29 is 9.53 Å². The van der Waals surface area contributed by atoms with Gasteiger partial charge in [-0.05, 0) is 49.4 Å². The molecule has 1 aliphatic rings. The number of fused-ring (bicyclic) bond motifs is 1. The first kappa shape index (κ1) is 13.9. The van der Waals surface area contributed by atoms with Gasteiger partial charge in [0.15, 0.2) is 0 Å². The van der Waals surface area contributed by atoms with Crippen LogP contribution in [0.3, 0.4) is 0 Å². The van der Waals surface area contributed by atoms with Crippen molar-refractivity contribution in [3.63, 3.8) is 0 Å². The molecule has 0 heterocycles. The van der Waals surface area contributed by atoms with Crippen molar-refractivity contribution in [3.05, 3.63) is 29.3 Å². The topological polar surface area (TPSA) is 50.4 Å². The van der Waals surface area contributed by atoms with Crippen LogP contribution >= 0.6 is 0 Å². The molecular formula is C15H22N2O2. The Bertz CT molecular complexity index is 459. The van der Waals surface area contributed by atoms with E-state index >= 15 is 0 Å². The molecule has 104 valence electrons. The van der Waals surface area contributed by atoms with E-state index in [4.69, 9.17) is 4.74 Å². The summed E-state index contributed by atoms with van der Waals surface area (Å²) in [4.78, 5) is 11.5. The van der Waals surface area contributed by atoms with Crippen LogP contribution in [0.1, 0.15) is 24.5 Å². The molecule has 2 atom stereocenters. The van der Waals surface area contributed by atoms with Crippen molar-refractivity contribution >= 4 is 5.91 Å². The summed E-state index contributed by atoms with van der Waals surface area (Å²) in [6, 6.07) is 6.47. The summed E-state index contributed by atoms with van der Waals surface area (Å²) < 4.78 is 5.27. The van der Waals surface area contributed by atoms with E-state index in [-0.39, 0.29) is 11.9 Å². The first-order valence-electron chi connectivity index (χ1n) is 6.77. The van der Waals surface area contributed by atoms with E-state index in [9.17, 15) is 4.79 Å². The second kappa shape index (κ2) is 6.06. The molecule has 1 aliphatic carbocycles. The van der Waals surface area contributed by atoms with E-state index in [0.29, 0.717) is 6.04 Å². The number of hydrogen-bond donors (Lipinski definition) is 2. The molecule has 2 rings (SSSR count). The number of carbonyl (C=O) groups excluding carboxylic acids is 1. The van der Waals surface area contributed by atoms with Crippen LogP contribution < -0.4 is 15.4 Å². The van der Waals surface area contributed by atoms with Crippen LogP contribution in [-0.4, -0.2) is 32.1 Å². The number of ether oxygens (including phenoxy) is 1. The van der Waals surface area contributed by atoms with Crippen molar-refractivity contribution in [2.75, 3.05) is 14.2 Å². The lowest BCUT2D eigenvalue weighted by molar-refractivity contribution is -0.122. The predicted molar refractivity (Wildman–Crippen MR) is 75.5 cm³/mol. The predicted octanol–water partition coefficient (Wildman–Crippen LogP) is 1.28. The third-order valence-corrected chi connectivity index (χ3v) is 3.77. The van der Waals surface area contributed by atoms with Gasteiger partial charge in [-0.25, -0.2) is 0 Å². The summed E-state index contributed by atoms with van der Waals surface area (Å²) in [5.74, 6) is 0.940. The maximum atomic E-state index is 11.5. The van der Waals surface area contributed by atoms with Crippen LogP contribution in [0.25, 0.3) is 0 Å². The Labute approximate surface area is 114 Å². The summed E-state index contributed by atoms with van der Waals surface area (Å²) in [6.07, 6.45) is 3.08. The molecule has 0 fully saturated rings. The number of benzene rings is 1. The van der Waals surface area contributed by atoms with E-state index in [0.717, 1.165) is 25.0 Å². The minimum absolute atomic E-state index is 0.0384. The summed E-state index contributed by atoms with van der Waals surface area (Å²) in [7, 11) is 3.36. The summed E-state index contributed by atoms with van der Waals surface area (Å²) in [6.45, 7) is 1.90. The van der Waals surface area contributed by atoms with Crippen LogP contribution in [0, 0.1) is 0 Å². The van der Waals surface area contributed by atoms with Crippen molar-refractivity contribution in [2.45, 2.75) is 38.3 Å². The monoisotopic (exact) mass is 262 g/mol. The van der Waals surface area contributed by atoms with Gasteiger partial charge >= 0.3 is 0 Å². The average Bonchev–Trinajstić information content (AvgIpc) is 2.45. The fraction of sp³-hybridized carbons (Fsp3) is 0.533. The van der Waals surface area contributed by atoms with Gasteiger partial charge in [0, 0.05) is 13.1 Å². The SMILES string of the molecule is CNC(=O)C(C)NC1CCc2ccc(OC)cc2C1. The highest BCUT2D eigenvalue weighted by molar-refractivity contribution is 5.80. The molecule has 0 aromatic heterocycles. The van der Waals surface area contributed by atoms with Gasteiger partial charge in [0.2, 0.25) is 5.91 Å². The maximum Gasteiger partial charge on any atom is 0.236 e. The standard InChI is InChI=1S/C15H22N2O2/c1-10(15(18)16-2)17-13-6-4-11-5-7-14(19-3)9-12(11)8-13/h5,7,9-10,13,17H,4,6,8H2,1-3H3,(H,16,18). The van der Waals surface area contributed by atoms with Gasteiger partial charge in [0.05, 0.1) is 13.2 Å². The molecule has 1 aromatic carbocycles. The number of hydrogen-bond acceptors (Lipinski definition) is 3. The Morgan fingerprint density at radius 1 is 1.42 bits per heavy atom. The van der Waals surface area contributed by atoms with Gasteiger partial charge in [-0.15, -0.1) is 0 Å². The summed E-state index contributed by atoms with van der Waals surface area (Å²) >= 11 is 0. The number of methoxy groups -OCH3 is 1. The largest absolute Gasteiger partial charge is 0.497 e. The molecule has 1 amide bonds. The number of rotatable bonds is 4. The van der Waals surface area contributed by atoms with Gasteiger partial charge in [0.25, 0.3) is 0 Å². The fourth-order valence-electron chi connectivity index (χ4n) is 2.65. The second-order valence-electron chi connectivity index (χ2n) is 5.08. The van der Waals surface area contributed by atoms with E-state index < -0.39 is 0 Å². The lowest BCUT2D eigenvalue weighted by Gasteiger charge is -2.28. The fourth-order valence-corrected chi connectivity index (χ4v) is 2.65. The smallest absolute Gasteiger partial charge is 0.236 e. The maximum absolute atomic E-state index is 11.5. The number of aryl methyl sites for hydroxylation is 1. The lowest BCUT2D eigenvalue weighted by atomic mass is 9.88. The van der Waals surface area contributed by atoms with Crippen LogP contribution in [0.5, 0.6) is 5.75 Å². The normalized spacial score (nSPS) is 19.4. The van der Waals surface area contributed by atoms with E-state index in [1.165, 1.54) is 11.1 Å². The number of amides is 1. The van der Waals surface area contributed by atoms with Crippen LogP contribution in [0.2, 0.25) is 0 Å². The quantitative estimate of drug-likeness (QED) is 0.859. The van der Waals surface area contributed by atoms with E-state index in [1.807, 2.05) is 13.0 Å². The van der Waals surface area contributed by atoms with Gasteiger partial charge in [-0.3, -0.25) is 4.79 Å². The molecule has 4 heteroatoms. The Morgan fingerprint density at radius 2 is 2.21 bits per heavy atom. The zero-order valence-corrected chi connectivity index (χ0v) is 11.8. The zero-order valence-electron chi connectivity index (χ0n) is 11.8. The summed E-state index contributed by atoms with van der Waals surface area (Å²) in [5, 5.41) is 6.07. The minimum atomic E-state index is -0.151. The molecule has 0 aliphatic heterocycles. The molecule has 0 bridgehead atoms. The van der Waals surface area contributed by atoms with Crippen molar-refractivity contribution in [3.8, 4) is 5.75 Å². The number of nitrogens with one attached hydrogen (secondary N) is 2. The first-order chi connectivity index (χ1) is 9.13. The number of carbonyl (C=O) groups is 1. The van der Waals surface area contributed by atoms with Gasteiger partial charge in [0.1, 0.15) is 5.75 Å². The molecule has 2 N–H and O–H groups in total. The number of likely N-dealkylation sites (N-methyl/N-ethyl adjacent to an activating group) is 1. The highest BCUT2D eigenvalue weighted by Crippen LogP contribution is 2.25. The zero-order chi connectivity index (χ0) is 13.8. The van der Waals surface area contributed by atoms with Crippen LogP contribution in [0.15, 0.2) is 18.2 Å². The Hall–Kier alpha value is -1.55. The average molecular weight is 262 g/mol. The Kier molecular flexibility index (Phi) is 4.43. The van der Waals surface area contributed by atoms with Crippen LogP contribution in [-0.2, 0) is 17.6 Å². The second-order valence-corrected chi connectivity index (χ2v) is 5.08. The van der Waals surface area contributed by atoms with E-state index in [2.05, 4.69) is 22.8 Å².